The van der Waals surface area contributed by atoms with Gasteiger partial charge in [0, 0.05) is 6.54 Å². The fourth-order valence-corrected chi connectivity index (χ4v) is 3.12. The van der Waals surface area contributed by atoms with Crippen LogP contribution in [-0.4, -0.2) is 37.2 Å². The summed E-state index contributed by atoms with van der Waals surface area (Å²) in [6.07, 6.45) is -2.51. The third-order valence-electron chi connectivity index (χ3n) is 3.78. The summed E-state index contributed by atoms with van der Waals surface area (Å²) >= 11 is 1.53. The fourth-order valence-electron chi connectivity index (χ4n) is 2.33. The second kappa shape index (κ2) is 12.2. The number of hydrogen-bond acceptors (Lipinski definition) is 4. The van der Waals surface area contributed by atoms with E-state index in [-0.39, 0.29) is 24.0 Å². The van der Waals surface area contributed by atoms with Gasteiger partial charge in [-0.3, -0.25) is 0 Å². The van der Waals surface area contributed by atoms with Gasteiger partial charge in [0.2, 0.25) is 0 Å². The summed E-state index contributed by atoms with van der Waals surface area (Å²) in [6, 6.07) is 8.81. The number of aliphatic hydroxyl groups is 1. The molecule has 0 radical (unpaired) electrons. The topological polar surface area (TPSA) is 65.9 Å². The molecule has 0 bridgehead atoms. The number of rotatable bonds is 9. The van der Waals surface area contributed by atoms with E-state index in [1.165, 1.54) is 11.3 Å². The second-order valence-corrected chi connectivity index (χ2v) is 6.96. The number of nitrogens with zero attached hydrogens (tertiary/aromatic N) is 1. The third kappa shape index (κ3) is 8.27. The number of halogens is 3. The number of guanidine groups is 1. The van der Waals surface area contributed by atoms with Gasteiger partial charge < -0.3 is 20.5 Å². The summed E-state index contributed by atoms with van der Waals surface area (Å²) in [5.41, 5.74) is 0.669. The van der Waals surface area contributed by atoms with Crippen LogP contribution in [0.15, 0.2) is 46.1 Å². The first kappa shape index (κ1) is 24.6. The van der Waals surface area contributed by atoms with Crippen molar-refractivity contribution in [2.75, 3.05) is 19.7 Å². The van der Waals surface area contributed by atoms with Crippen molar-refractivity contribution in [3.63, 3.8) is 0 Å². The van der Waals surface area contributed by atoms with Crippen molar-refractivity contribution in [3.05, 3.63) is 52.2 Å². The van der Waals surface area contributed by atoms with Gasteiger partial charge in [-0.25, -0.2) is 13.8 Å². The van der Waals surface area contributed by atoms with E-state index in [1.807, 2.05) is 29.8 Å². The standard InChI is InChI=1S/C19H25F2N3O2S.HI/c1-3-22-18(24-13-19(2,25)15-7-8-27-12-15)23-10-14-5-4-6-16(9-14)26-11-17(20)21;/h4-9,12,17,25H,3,10-11,13H2,1-2H3,(H2,22,23,24);1H. The van der Waals surface area contributed by atoms with Gasteiger partial charge in [-0.2, -0.15) is 11.3 Å². The van der Waals surface area contributed by atoms with Crippen molar-refractivity contribution < 1.29 is 18.6 Å². The maximum absolute atomic E-state index is 12.3. The molecule has 0 amide bonds. The van der Waals surface area contributed by atoms with Crippen LogP contribution in [0.1, 0.15) is 25.0 Å². The monoisotopic (exact) mass is 525 g/mol. The molecule has 1 aromatic heterocycles. The number of ether oxygens (including phenoxy) is 1. The van der Waals surface area contributed by atoms with E-state index in [9.17, 15) is 13.9 Å². The van der Waals surface area contributed by atoms with Gasteiger partial charge in [0.25, 0.3) is 6.43 Å². The molecule has 0 saturated heterocycles. The zero-order chi connectivity index (χ0) is 19.7. The summed E-state index contributed by atoms with van der Waals surface area (Å²) in [4.78, 5) is 4.49. The molecule has 5 nitrogen and oxygen atoms in total. The number of benzene rings is 1. The summed E-state index contributed by atoms with van der Waals surface area (Å²) in [7, 11) is 0. The SMILES string of the molecule is CCNC(=NCc1cccc(OCC(F)F)c1)NCC(C)(O)c1ccsc1.I. The first-order valence-corrected chi connectivity index (χ1v) is 9.62. The van der Waals surface area contributed by atoms with Crippen LogP contribution in [0.3, 0.4) is 0 Å². The Balaban J connectivity index is 0.00000392. The highest BCUT2D eigenvalue weighted by Crippen LogP contribution is 2.22. The van der Waals surface area contributed by atoms with Crippen LogP contribution >= 0.6 is 35.3 Å². The Labute approximate surface area is 185 Å². The molecule has 0 aliphatic rings. The van der Waals surface area contributed by atoms with Crippen LogP contribution in [0.2, 0.25) is 0 Å². The van der Waals surface area contributed by atoms with Crippen LogP contribution in [0.5, 0.6) is 5.75 Å². The molecule has 1 heterocycles. The number of alkyl halides is 2. The smallest absolute Gasteiger partial charge is 0.272 e. The lowest BCUT2D eigenvalue weighted by Gasteiger charge is -2.24. The molecule has 2 aromatic rings. The molecule has 1 aromatic carbocycles. The zero-order valence-electron chi connectivity index (χ0n) is 15.8. The van der Waals surface area contributed by atoms with Crippen LogP contribution < -0.4 is 15.4 Å². The fraction of sp³-hybridized carbons (Fsp3) is 0.421. The third-order valence-corrected chi connectivity index (χ3v) is 4.46. The summed E-state index contributed by atoms with van der Waals surface area (Å²) in [5, 5.41) is 20.7. The van der Waals surface area contributed by atoms with Crippen LogP contribution in [-0.2, 0) is 12.1 Å². The summed E-state index contributed by atoms with van der Waals surface area (Å²) < 4.78 is 29.6. The minimum Gasteiger partial charge on any atom is -0.488 e. The lowest BCUT2D eigenvalue weighted by molar-refractivity contribution is 0.0621. The van der Waals surface area contributed by atoms with Crippen molar-refractivity contribution >= 4 is 41.3 Å². The molecule has 9 heteroatoms. The molecular weight excluding hydrogens is 499 g/mol. The first-order chi connectivity index (χ1) is 12.9. The maximum Gasteiger partial charge on any atom is 0.272 e. The molecule has 3 N–H and O–H groups in total. The Morgan fingerprint density at radius 2 is 2.11 bits per heavy atom. The quantitative estimate of drug-likeness (QED) is 0.264. The highest BCUT2D eigenvalue weighted by molar-refractivity contribution is 14.0. The summed E-state index contributed by atoms with van der Waals surface area (Å²) in [5.74, 6) is 0.952. The molecule has 28 heavy (non-hydrogen) atoms. The molecule has 2 rings (SSSR count). The molecule has 156 valence electrons. The minimum atomic E-state index is -2.51. The van der Waals surface area contributed by atoms with E-state index in [4.69, 9.17) is 4.74 Å². The Hall–Kier alpha value is -1.46. The molecule has 0 saturated carbocycles. The van der Waals surface area contributed by atoms with Crippen molar-refractivity contribution in [2.45, 2.75) is 32.4 Å². The predicted octanol–water partition coefficient (Wildman–Crippen LogP) is 3.97. The molecular formula is C19H26F2IN3O2S. The van der Waals surface area contributed by atoms with Crippen LogP contribution in [0.4, 0.5) is 8.78 Å². The lowest BCUT2D eigenvalue weighted by Crippen LogP contribution is -2.44. The van der Waals surface area contributed by atoms with Gasteiger partial charge in [-0.05, 0) is 53.9 Å². The van der Waals surface area contributed by atoms with Gasteiger partial charge in [-0.1, -0.05) is 12.1 Å². The molecule has 0 aliphatic carbocycles. The second-order valence-electron chi connectivity index (χ2n) is 6.18. The van der Waals surface area contributed by atoms with E-state index < -0.39 is 18.6 Å². The van der Waals surface area contributed by atoms with Crippen molar-refractivity contribution in [1.82, 2.24) is 10.6 Å². The normalized spacial score (nSPS) is 13.6. The van der Waals surface area contributed by atoms with Crippen molar-refractivity contribution in [1.29, 1.82) is 0 Å². The number of nitrogens with one attached hydrogen (secondary N) is 2. The Morgan fingerprint density at radius 3 is 2.75 bits per heavy atom. The lowest BCUT2D eigenvalue weighted by atomic mass is 9.99. The Bertz CT molecular complexity index is 728. The highest BCUT2D eigenvalue weighted by atomic mass is 127. The number of thiophene rings is 1. The van der Waals surface area contributed by atoms with Crippen molar-refractivity contribution in [2.24, 2.45) is 4.99 Å². The van der Waals surface area contributed by atoms with Gasteiger partial charge in [0.05, 0.1) is 13.1 Å². The van der Waals surface area contributed by atoms with Crippen LogP contribution in [0.25, 0.3) is 0 Å². The molecule has 0 spiro atoms. The molecule has 1 unspecified atom stereocenters. The number of hydrogen-bond donors (Lipinski definition) is 3. The first-order valence-electron chi connectivity index (χ1n) is 8.68. The van der Waals surface area contributed by atoms with E-state index in [2.05, 4.69) is 15.6 Å². The Kier molecular flexibility index (Phi) is 10.7. The van der Waals surface area contributed by atoms with Crippen molar-refractivity contribution in [3.8, 4) is 5.75 Å². The zero-order valence-corrected chi connectivity index (χ0v) is 19.0. The molecule has 0 aliphatic heterocycles. The number of aliphatic imine (C=N–C) groups is 1. The van der Waals surface area contributed by atoms with Gasteiger partial charge in [-0.15, -0.1) is 24.0 Å². The van der Waals surface area contributed by atoms with Gasteiger partial charge in [0.1, 0.15) is 18.0 Å². The molecule has 0 fully saturated rings. The maximum atomic E-state index is 12.3. The summed E-state index contributed by atoms with van der Waals surface area (Å²) in [6.45, 7) is 4.38. The average molecular weight is 525 g/mol. The molecule has 1 atom stereocenters. The van der Waals surface area contributed by atoms with E-state index >= 15 is 0 Å². The van der Waals surface area contributed by atoms with Crippen LogP contribution in [0, 0.1) is 0 Å². The minimum absolute atomic E-state index is 0. The largest absolute Gasteiger partial charge is 0.488 e. The van der Waals surface area contributed by atoms with E-state index in [0.29, 0.717) is 31.3 Å². The van der Waals surface area contributed by atoms with E-state index in [1.54, 1.807) is 25.1 Å². The Morgan fingerprint density at radius 1 is 1.32 bits per heavy atom. The van der Waals surface area contributed by atoms with Gasteiger partial charge >= 0.3 is 0 Å². The van der Waals surface area contributed by atoms with Gasteiger partial charge in [0.15, 0.2) is 5.96 Å². The predicted molar refractivity (Wildman–Crippen MR) is 120 cm³/mol. The van der Waals surface area contributed by atoms with E-state index in [0.717, 1.165) is 11.1 Å². The average Bonchev–Trinajstić information content (AvgIpc) is 3.18. The highest BCUT2D eigenvalue weighted by Gasteiger charge is 2.23.